The third-order valence-electron chi connectivity index (χ3n) is 7.09. The molecule has 7 nitrogen and oxygen atoms in total. The summed E-state index contributed by atoms with van der Waals surface area (Å²) in [7, 11) is 0. The molecule has 0 radical (unpaired) electrons. The summed E-state index contributed by atoms with van der Waals surface area (Å²) >= 11 is 2.90. The first-order valence-corrected chi connectivity index (χ1v) is 15.2. The normalized spacial score (nSPS) is 16.2. The monoisotopic (exact) mass is 530 g/mol. The fourth-order valence-corrected chi connectivity index (χ4v) is 7.34. The molecule has 0 aliphatic heterocycles. The molecule has 1 amide bonds. The second-order valence-electron chi connectivity index (χ2n) is 9.67. The number of carbonyl (C=O) groups excluding carboxylic acids is 2. The van der Waals surface area contributed by atoms with E-state index in [-0.39, 0.29) is 17.6 Å². The zero-order valence-corrected chi connectivity index (χ0v) is 23.0. The van der Waals surface area contributed by atoms with E-state index in [4.69, 9.17) is 4.74 Å². The highest BCUT2D eigenvalue weighted by atomic mass is 32.2. The van der Waals surface area contributed by atoms with Crippen LogP contribution < -0.4 is 5.32 Å². The molecule has 0 unspecified atom stereocenters. The first-order chi connectivity index (χ1) is 17.6. The lowest BCUT2D eigenvalue weighted by molar-refractivity contribution is -0.113. The summed E-state index contributed by atoms with van der Waals surface area (Å²) in [5, 5.41) is 13.2. The van der Waals surface area contributed by atoms with Crippen LogP contribution in [-0.2, 0) is 35.3 Å². The molecule has 2 aromatic rings. The minimum absolute atomic E-state index is 0.154. The van der Waals surface area contributed by atoms with Gasteiger partial charge in [-0.2, -0.15) is 0 Å². The zero-order chi connectivity index (χ0) is 25.3. The van der Waals surface area contributed by atoms with Gasteiger partial charge >= 0.3 is 5.97 Å². The number of anilines is 1. The number of aromatic nitrogens is 3. The Balaban J connectivity index is 1.40. The van der Waals surface area contributed by atoms with E-state index >= 15 is 0 Å². The van der Waals surface area contributed by atoms with Gasteiger partial charge in [-0.15, -0.1) is 28.1 Å². The number of esters is 1. The third-order valence-corrected chi connectivity index (χ3v) is 9.27. The molecule has 0 spiro atoms. The number of aryl methyl sites for hydroxylation is 2. The standard InChI is InChI=1S/C27H38N4O3S2/c1-3-17-31-22(16-15-19-11-7-5-8-12-19)29-30-27(31)35-18-23(32)28-25-24(26(33)34-4-2)20-13-9-6-10-14-21(20)36-25/h3,19H,1,4-18H2,2H3,(H,28,32). The van der Waals surface area contributed by atoms with Gasteiger partial charge in [-0.1, -0.05) is 56.4 Å². The molecule has 36 heavy (non-hydrogen) atoms. The zero-order valence-electron chi connectivity index (χ0n) is 21.4. The van der Waals surface area contributed by atoms with Crippen LogP contribution in [0.3, 0.4) is 0 Å². The van der Waals surface area contributed by atoms with E-state index in [2.05, 4.69) is 26.7 Å². The van der Waals surface area contributed by atoms with Crippen LogP contribution in [0.1, 0.15) is 91.3 Å². The molecule has 4 rings (SSSR count). The molecule has 2 aromatic heterocycles. The summed E-state index contributed by atoms with van der Waals surface area (Å²) in [6, 6.07) is 0. The Labute approximate surface area is 222 Å². The van der Waals surface area contributed by atoms with Crippen molar-refractivity contribution in [2.45, 2.75) is 95.7 Å². The highest BCUT2D eigenvalue weighted by molar-refractivity contribution is 7.99. The lowest BCUT2D eigenvalue weighted by Crippen LogP contribution is -2.17. The summed E-state index contributed by atoms with van der Waals surface area (Å²) in [5.41, 5.74) is 1.61. The maximum Gasteiger partial charge on any atom is 0.341 e. The van der Waals surface area contributed by atoms with Crippen molar-refractivity contribution in [3.8, 4) is 0 Å². The van der Waals surface area contributed by atoms with E-state index in [1.165, 1.54) is 60.1 Å². The molecule has 2 heterocycles. The van der Waals surface area contributed by atoms with Gasteiger partial charge in [0.2, 0.25) is 5.91 Å². The second kappa shape index (κ2) is 13.4. The van der Waals surface area contributed by atoms with Gasteiger partial charge in [0.05, 0.1) is 17.9 Å². The number of thiophene rings is 1. The van der Waals surface area contributed by atoms with Crippen molar-refractivity contribution < 1.29 is 14.3 Å². The van der Waals surface area contributed by atoms with Crippen LogP contribution in [0.15, 0.2) is 17.8 Å². The first kappa shape index (κ1) is 26.9. The number of amides is 1. The van der Waals surface area contributed by atoms with Gasteiger partial charge < -0.3 is 14.6 Å². The molecule has 196 valence electrons. The molecule has 0 bridgehead atoms. The molecule has 1 fully saturated rings. The van der Waals surface area contributed by atoms with E-state index in [0.29, 0.717) is 23.7 Å². The highest BCUT2D eigenvalue weighted by Gasteiger charge is 2.27. The SMILES string of the molecule is C=CCn1c(CCC2CCCCC2)nnc1SCC(=O)Nc1sc2c(c1C(=O)OCC)CCCCC2. The fraction of sp³-hybridized carbons (Fsp3) is 0.630. The number of ether oxygens (including phenoxy) is 1. The van der Waals surface area contributed by atoms with Gasteiger partial charge in [-0.25, -0.2) is 4.79 Å². The van der Waals surface area contributed by atoms with Gasteiger partial charge in [0, 0.05) is 17.8 Å². The van der Waals surface area contributed by atoms with E-state index in [1.54, 1.807) is 6.92 Å². The molecule has 2 aliphatic rings. The summed E-state index contributed by atoms with van der Waals surface area (Å²) in [4.78, 5) is 26.9. The van der Waals surface area contributed by atoms with Crippen LogP contribution in [0.4, 0.5) is 5.00 Å². The Kier molecular flexibility index (Phi) is 10.0. The summed E-state index contributed by atoms with van der Waals surface area (Å²) in [5.74, 6) is 1.45. The minimum Gasteiger partial charge on any atom is -0.462 e. The Bertz CT molecular complexity index is 1060. The minimum atomic E-state index is -0.340. The number of hydrogen-bond acceptors (Lipinski definition) is 7. The van der Waals surface area contributed by atoms with Crippen LogP contribution in [0.25, 0.3) is 0 Å². The average Bonchev–Trinajstić information content (AvgIpc) is 3.34. The Morgan fingerprint density at radius 1 is 1.17 bits per heavy atom. The molecular formula is C27H38N4O3S2. The number of thioether (sulfide) groups is 1. The van der Waals surface area contributed by atoms with Crippen LogP contribution in [0.2, 0.25) is 0 Å². The number of carbonyl (C=O) groups is 2. The molecular weight excluding hydrogens is 492 g/mol. The van der Waals surface area contributed by atoms with Crippen LogP contribution in [-0.4, -0.2) is 39.0 Å². The van der Waals surface area contributed by atoms with Crippen molar-refractivity contribution in [2.24, 2.45) is 5.92 Å². The third kappa shape index (κ3) is 6.79. The van der Waals surface area contributed by atoms with Crippen molar-refractivity contribution in [2.75, 3.05) is 17.7 Å². The van der Waals surface area contributed by atoms with E-state index in [9.17, 15) is 9.59 Å². The van der Waals surface area contributed by atoms with Gasteiger partial charge in [0.1, 0.15) is 10.8 Å². The number of allylic oxidation sites excluding steroid dienone is 1. The number of rotatable bonds is 11. The number of nitrogens with zero attached hydrogens (tertiary/aromatic N) is 3. The molecule has 9 heteroatoms. The predicted octanol–water partition coefficient (Wildman–Crippen LogP) is 6.21. The molecule has 1 saturated carbocycles. The van der Waals surface area contributed by atoms with Crippen LogP contribution >= 0.6 is 23.1 Å². The maximum atomic E-state index is 13.0. The highest BCUT2D eigenvalue weighted by Crippen LogP contribution is 2.38. The number of nitrogens with one attached hydrogen (secondary N) is 1. The number of fused-ring (bicyclic) bond motifs is 1. The van der Waals surface area contributed by atoms with Crippen molar-refractivity contribution in [1.82, 2.24) is 14.8 Å². The van der Waals surface area contributed by atoms with Crippen molar-refractivity contribution in [3.05, 3.63) is 34.5 Å². The van der Waals surface area contributed by atoms with Crippen molar-refractivity contribution in [1.29, 1.82) is 0 Å². The maximum absolute atomic E-state index is 13.0. The lowest BCUT2D eigenvalue weighted by atomic mass is 9.86. The average molecular weight is 531 g/mol. The van der Waals surface area contributed by atoms with Crippen LogP contribution in [0, 0.1) is 5.92 Å². The molecule has 1 N–H and O–H groups in total. The largest absolute Gasteiger partial charge is 0.462 e. The number of hydrogen-bond donors (Lipinski definition) is 1. The predicted molar refractivity (Wildman–Crippen MR) is 146 cm³/mol. The van der Waals surface area contributed by atoms with E-state index < -0.39 is 0 Å². The summed E-state index contributed by atoms with van der Waals surface area (Å²) in [6.45, 7) is 6.64. The fourth-order valence-electron chi connectivity index (χ4n) is 5.27. The molecule has 0 aromatic carbocycles. The summed E-state index contributed by atoms with van der Waals surface area (Å²) in [6.07, 6.45) is 15.7. The summed E-state index contributed by atoms with van der Waals surface area (Å²) < 4.78 is 7.41. The van der Waals surface area contributed by atoms with Gasteiger partial charge in [-0.3, -0.25) is 4.79 Å². The van der Waals surface area contributed by atoms with Crippen LogP contribution in [0.5, 0.6) is 0 Å². The first-order valence-electron chi connectivity index (χ1n) is 13.4. The van der Waals surface area contributed by atoms with Gasteiger partial charge in [-0.05, 0) is 50.5 Å². The van der Waals surface area contributed by atoms with Crippen molar-refractivity contribution >= 4 is 40.0 Å². The smallest absolute Gasteiger partial charge is 0.341 e. The lowest BCUT2D eigenvalue weighted by Gasteiger charge is -2.21. The Morgan fingerprint density at radius 2 is 1.94 bits per heavy atom. The van der Waals surface area contributed by atoms with E-state index in [0.717, 1.165) is 67.4 Å². The van der Waals surface area contributed by atoms with Gasteiger partial charge in [0.15, 0.2) is 5.16 Å². The molecule has 0 saturated heterocycles. The van der Waals surface area contributed by atoms with Gasteiger partial charge in [0.25, 0.3) is 0 Å². The quantitative estimate of drug-likeness (QED) is 0.161. The topological polar surface area (TPSA) is 86.1 Å². The van der Waals surface area contributed by atoms with E-state index in [1.807, 2.05) is 6.08 Å². The molecule has 0 atom stereocenters. The van der Waals surface area contributed by atoms with Crippen molar-refractivity contribution in [3.63, 3.8) is 0 Å². The molecule has 2 aliphatic carbocycles. The Morgan fingerprint density at radius 3 is 2.72 bits per heavy atom. The Hall–Kier alpha value is -2.13. The second-order valence-corrected chi connectivity index (χ2v) is 11.7.